The number of alkyl halides is 3. The predicted octanol–water partition coefficient (Wildman–Crippen LogP) is 4.18. The van der Waals surface area contributed by atoms with Gasteiger partial charge in [0.1, 0.15) is 5.69 Å². The molecule has 1 aliphatic heterocycles. The third-order valence-corrected chi connectivity index (χ3v) is 6.15. The smallest absolute Gasteiger partial charge is 0.475 e. The fourth-order valence-electron chi connectivity index (χ4n) is 4.43. The van der Waals surface area contributed by atoms with Crippen molar-refractivity contribution in [1.82, 2.24) is 14.1 Å². The molecule has 1 aliphatic rings. The normalized spacial score (nSPS) is 15.6. The molecule has 0 radical (unpaired) electrons. The first-order chi connectivity index (χ1) is 17.7. The molecule has 3 heterocycles. The first-order valence-corrected chi connectivity index (χ1v) is 11.9. The number of hydrogen-bond donors (Lipinski definition) is 2. The zero-order valence-corrected chi connectivity index (χ0v) is 19.9. The van der Waals surface area contributed by atoms with Crippen LogP contribution in [-0.2, 0) is 22.6 Å². The highest BCUT2D eigenvalue weighted by molar-refractivity contribution is 5.96. The summed E-state index contributed by atoms with van der Waals surface area (Å²) in [5.41, 5.74) is 9.80. The van der Waals surface area contributed by atoms with Crippen LogP contribution in [0.15, 0.2) is 59.5 Å². The van der Waals surface area contributed by atoms with Gasteiger partial charge >= 0.3 is 12.1 Å². The molecule has 1 unspecified atom stereocenters. The van der Waals surface area contributed by atoms with Gasteiger partial charge < -0.3 is 24.7 Å². The van der Waals surface area contributed by atoms with E-state index in [9.17, 15) is 18.0 Å². The first kappa shape index (κ1) is 26.4. The third-order valence-electron chi connectivity index (χ3n) is 6.15. The Morgan fingerprint density at radius 3 is 2.46 bits per heavy atom. The number of rotatable bonds is 6. The van der Waals surface area contributed by atoms with E-state index < -0.39 is 12.1 Å². The molecule has 4 aromatic rings. The Bertz CT molecular complexity index is 1460. The minimum Gasteiger partial charge on any atom is -0.475 e. The van der Waals surface area contributed by atoms with Crippen molar-refractivity contribution in [3.8, 4) is 11.3 Å². The molecule has 1 fully saturated rings. The zero-order chi connectivity index (χ0) is 26.6. The number of carboxylic acids is 1. The SMILES string of the molecule is NCCCn1c(=O)c(-c2cn(CC3CCCO3)c3ccccc23)nc2ccccc21.O=C(O)C(F)(F)F. The summed E-state index contributed by atoms with van der Waals surface area (Å²) < 4.78 is 41.6. The van der Waals surface area contributed by atoms with Gasteiger partial charge in [0.25, 0.3) is 5.56 Å². The highest BCUT2D eigenvalue weighted by atomic mass is 19.4. The van der Waals surface area contributed by atoms with Crippen LogP contribution in [0.5, 0.6) is 0 Å². The van der Waals surface area contributed by atoms with Crippen LogP contribution < -0.4 is 11.3 Å². The molecule has 1 saturated heterocycles. The molecule has 0 spiro atoms. The number of carbonyl (C=O) groups is 1. The van der Waals surface area contributed by atoms with Crippen LogP contribution in [0.2, 0.25) is 0 Å². The molecule has 37 heavy (non-hydrogen) atoms. The first-order valence-electron chi connectivity index (χ1n) is 11.9. The van der Waals surface area contributed by atoms with Crippen molar-refractivity contribution in [3.63, 3.8) is 0 Å². The monoisotopic (exact) mass is 516 g/mol. The molecule has 3 N–H and O–H groups in total. The summed E-state index contributed by atoms with van der Waals surface area (Å²) in [5.74, 6) is -2.76. The van der Waals surface area contributed by atoms with E-state index in [0.29, 0.717) is 18.8 Å². The van der Waals surface area contributed by atoms with Crippen LogP contribution in [0, 0.1) is 0 Å². The van der Waals surface area contributed by atoms with Crippen LogP contribution >= 0.6 is 0 Å². The van der Waals surface area contributed by atoms with Crippen LogP contribution in [0.25, 0.3) is 33.2 Å². The van der Waals surface area contributed by atoms with Crippen LogP contribution in [0.3, 0.4) is 0 Å². The van der Waals surface area contributed by atoms with E-state index in [0.717, 1.165) is 59.9 Å². The minimum atomic E-state index is -5.08. The number of hydrogen-bond acceptors (Lipinski definition) is 5. The molecule has 5 rings (SSSR count). The molecule has 0 aliphatic carbocycles. The van der Waals surface area contributed by atoms with E-state index in [1.54, 1.807) is 0 Å². The van der Waals surface area contributed by atoms with E-state index in [2.05, 4.69) is 22.9 Å². The largest absolute Gasteiger partial charge is 0.490 e. The van der Waals surface area contributed by atoms with E-state index >= 15 is 0 Å². The average molecular weight is 517 g/mol. The van der Waals surface area contributed by atoms with Gasteiger partial charge in [0, 0.05) is 42.4 Å². The van der Waals surface area contributed by atoms with Gasteiger partial charge in [0.2, 0.25) is 0 Å². The number of carboxylic acid groups (broad SMARTS) is 1. The van der Waals surface area contributed by atoms with E-state index in [-0.39, 0.29) is 11.7 Å². The molecule has 1 atom stereocenters. The molecule has 0 amide bonds. The van der Waals surface area contributed by atoms with Gasteiger partial charge in [-0.25, -0.2) is 9.78 Å². The Hall–Kier alpha value is -3.70. The molecule has 2 aromatic carbocycles. The second-order valence-electron chi connectivity index (χ2n) is 8.70. The maximum absolute atomic E-state index is 13.5. The van der Waals surface area contributed by atoms with E-state index in [1.807, 2.05) is 41.0 Å². The third kappa shape index (κ3) is 5.83. The van der Waals surface area contributed by atoms with Crippen LogP contribution in [0.1, 0.15) is 19.3 Å². The van der Waals surface area contributed by atoms with Gasteiger partial charge in [-0.1, -0.05) is 30.3 Å². The fraction of sp³-hybridized carbons (Fsp3) is 0.346. The number of aliphatic carboxylic acids is 1. The number of nitrogens with zero attached hydrogens (tertiary/aromatic N) is 3. The molecule has 196 valence electrons. The summed E-state index contributed by atoms with van der Waals surface area (Å²) in [7, 11) is 0. The summed E-state index contributed by atoms with van der Waals surface area (Å²) >= 11 is 0. The lowest BCUT2D eigenvalue weighted by molar-refractivity contribution is -0.192. The number of para-hydroxylation sites is 3. The molecule has 8 nitrogen and oxygen atoms in total. The van der Waals surface area contributed by atoms with Gasteiger partial charge in [0.05, 0.1) is 17.1 Å². The van der Waals surface area contributed by atoms with Crippen molar-refractivity contribution in [1.29, 1.82) is 0 Å². The predicted molar refractivity (Wildman–Crippen MR) is 133 cm³/mol. The van der Waals surface area contributed by atoms with Gasteiger partial charge in [-0.3, -0.25) is 4.79 Å². The zero-order valence-electron chi connectivity index (χ0n) is 19.9. The van der Waals surface area contributed by atoms with E-state index in [4.69, 9.17) is 25.4 Å². The molecular formula is C26H27F3N4O4. The number of aromatic nitrogens is 3. The van der Waals surface area contributed by atoms with Crippen LogP contribution in [0.4, 0.5) is 13.2 Å². The summed E-state index contributed by atoms with van der Waals surface area (Å²) in [6, 6.07) is 16.0. The lowest BCUT2D eigenvalue weighted by Crippen LogP contribution is -2.24. The Balaban J connectivity index is 0.000000405. The lowest BCUT2D eigenvalue weighted by atomic mass is 10.1. The number of nitrogens with two attached hydrogens (primary N) is 1. The van der Waals surface area contributed by atoms with Crippen molar-refractivity contribution in [2.45, 2.75) is 44.6 Å². The van der Waals surface area contributed by atoms with Crippen molar-refractivity contribution in [2.75, 3.05) is 13.2 Å². The average Bonchev–Trinajstić information content (AvgIpc) is 3.52. The number of fused-ring (bicyclic) bond motifs is 2. The number of ether oxygens (including phenoxy) is 1. The minimum absolute atomic E-state index is 0.0674. The summed E-state index contributed by atoms with van der Waals surface area (Å²) in [4.78, 5) is 27.2. The van der Waals surface area contributed by atoms with Gasteiger partial charge in [-0.2, -0.15) is 13.2 Å². The Kier molecular flexibility index (Phi) is 7.94. The van der Waals surface area contributed by atoms with Crippen LogP contribution in [-0.4, -0.2) is 50.6 Å². The molecule has 0 saturated carbocycles. The Labute approximate surface area is 210 Å². The fourth-order valence-corrected chi connectivity index (χ4v) is 4.43. The Morgan fingerprint density at radius 2 is 1.81 bits per heavy atom. The molecule has 2 aromatic heterocycles. The van der Waals surface area contributed by atoms with Crippen molar-refractivity contribution in [2.24, 2.45) is 5.73 Å². The lowest BCUT2D eigenvalue weighted by Gasteiger charge is -2.12. The maximum Gasteiger partial charge on any atom is 0.490 e. The standard InChI is InChI=1S/C24H26N4O2.C2HF3O2/c25-12-6-13-28-22-11-4-2-9-20(22)26-23(24(28)29)19-16-27(15-17-7-5-14-30-17)21-10-3-1-8-18(19)21;3-2(4,5)1(6)7/h1-4,8-11,16-17H,5-7,12-15,25H2;(H,6,7). The Morgan fingerprint density at radius 1 is 1.14 bits per heavy atom. The van der Waals surface area contributed by atoms with Crippen molar-refractivity contribution in [3.05, 3.63) is 65.1 Å². The van der Waals surface area contributed by atoms with Gasteiger partial charge in [-0.05, 0) is 44.0 Å². The number of aryl methyl sites for hydroxylation is 1. The topological polar surface area (TPSA) is 112 Å². The maximum atomic E-state index is 13.5. The summed E-state index contributed by atoms with van der Waals surface area (Å²) in [6.45, 7) is 2.74. The van der Waals surface area contributed by atoms with Gasteiger partial charge in [0.15, 0.2) is 0 Å². The van der Waals surface area contributed by atoms with E-state index in [1.165, 1.54) is 0 Å². The molecule has 0 bridgehead atoms. The molecule has 11 heteroatoms. The van der Waals surface area contributed by atoms with Crippen molar-refractivity contribution < 1.29 is 27.8 Å². The second-order valence-corrected chi connectivity index (χ2v) is 8.70. The van der Waals surface area contributed by atoms with Gasteiger partial charge in [-0.15, -0.1) is 0 Å². The summed E-state index contributed by atoms with van der Waals surface area (Å²) in [6.07, 6.45) is 0.127. The number of halogens is 3. The molecular weight excluding hydrogens is 489 g/mol. The quantitative estimate of drug-likeness (QED) is 0.398. The highest BCUT2D eigenvalue weighted by Gasteiger charge is 2.38. The van der Waals surface area contributed by atoms with Crippen molar-refractivity contribution >= 4 is 27.9 Å². The highest BCUT2D eigenvalue weighted by Crippen LogP contribution is 2.30. The summed E-state index contributed by atoms with van der Waals surface area (Å²) in [5, 5.41) is 8.17. The number of benzene rings is 2. The second kappa shape index (κ2) is 11.1.